The van der Waals surface area contributed by atoms with Crippen LogP contribution in [0, 0.1) is 0 Å². The van der Waals surface area contributed by atoms with Gasteiger partial charge in [-0.1, -0.05) is 0 Å². The lowest BCUT2D eigenvalue weighted by molar-refractivity contribution is 0.311. The van der Waals surface area contributed by atoms with Crippen LogP contribution < -0.4 is 10.1 Å². The molecule has 1 aromatic carbocycles. The molecule has 0 atom stereocenters. The molecule has 2 N–H and O–H groups in total. The smallest absolute Gasteiger partial charge is 0.133 e. The predicted octanol–water partition coefficient (Wildman–Crippen LogP) is 1.65. The van der Waals surface area contributed by atoms with Crippen LogP contribution in [0.3, 0.4) is 0 Å². The average Bonchev–Trinajstić information content (AvgIpc) is 2.35. The Balaban J connectivity index is 2.43. The van der Waals surface area contributed by atoms with Gasteiger partial charge < -0.3 is 15.2 Å². The summed E-state index contributed by atoms with van der Waals surface area (Å²) in [5.41, 5.74) is 0. The van der Waals surface area contributed by atoms with Crippen LogP contribution in [0.1, 0.15) is 0 Å². The van der Waals surface area contributed by atoms with Crippen molar-refractivity contribution in [3.05, 3.63) is 30.5 Å². The first-order chi connectivity index (χ1) is 7.85. The number of hydrogen-bond acceptors (Lipinski definition) is 4. The van der Waals surface area contributed by atoms with E-state index in [0.29, 0.717) is 6.54 Å². The summed E-state index contributed by atoms with van der Waals surface area (Å²) in [6.45, 7) is 0.590. The SMILES string of the molecule is COc1ccc2c(NCCO)nccc2c1. The molecule has 2 rings (SSSR count). The zero-order chi connectivity index (χ0) is 11.4. The van der Waals surface area contributed by atoms with Crippen LogP contribution in [-0.2, 0) is 0 Å². The number of nitrogens with zero attached hydrogens (tertiary/aromatic N) is 1. The lowest BCUT2D eigenvalue weighted by atomic mass is 10.1. The average molecular weight is 218 g/mol. The Morgan fingerprint density at radius 2 is 2.25 bits per heavy atom. The van der Waals surface area contributed by atoms with Crippen molar-refractivity contribution in [1.82, 2.24) is 4.98 Å². The summed E-state index contributed by atoms with van der Waals surface area (Å²) in [7, 11) is 1.65. The van der Waals surface area contributed by atoms with Gasteiger partial charge in [-0.3, -0.25) is 0 Å². The van der Waals surface area contributed by atoms with Gasteiger partial charge in [0.25, 0.3) is 0 Å². The summed E-state index contributed by atoms with van der Waals surface area (Å²) in [5.74, 6) is 1.61. The molecule has 0 bridgehead atoms. The van der Waals surface area contributed by atoms with Crippen molar-refractivity contribution in [2.75, 3.05) is 25.6 Å². The van der Waals surface area contributed by atoms with Crippen molar-refractivity contribution in [2.45, 2.75) is 0 Å². The molecule has 0 aliphatic rings. The van der Waals surface area contributed by atoms with Crippen molar-refractivity contribution >= 4 is 16.6 Å². The second kappa shape index (κ2) is 4.81. The van der Waals surface area contributed by atoms with Gasteiger partial charge in [0.2, 0.25) is 0 Å². The first-order valence-corrected chi connectivity index (χ1v) is 5.12. The molecule has 0 radical (unpaired) electrons. The topological polar surface area (TPSA) is 54.4 Å². The molecule has 0 fully saturated rings. The first-order valence-electron chi connectivity index (χ1n) is 5.12. The lowest BCUT2D eigenvalue weighted by Crippen LogP contribution is -2.07. The van der Waals surface area contributed by atoms with Crippen LogP contribution in [-0.4, -0.2) is 30.4 Å². The number of rotatable bonds is 4. The number of nitrogens with one attached hydrogen (secondary N) is 1. The lowest BCUT2D eigenvalue weighted by Gasteiger charge is -2.08. The minimum absolute atomic E-state index is 0.0915. The second-order valence-corrected chi connectivity index (χ2v) is 3.40. The highest BCUT2D eigenvalue weighted by Gasteiger charge is 2.02. The monoisotopic (exact) mass is 218 g/mol. The molecule has 2 aromatic rings. The summed E-state index contributed by atoms with van der Waals surface area (Å²) in [5, 5.41) is 13.9. The third kappa shape index (κ3) is 2.06. The van der Waals surface area contributed by atoms with Gasteiger partial charge in [0.1, 0.15) is 11.6 Å². The van der Waals surface area contributed by atoms with Crippen molar-refractivity contribution in [1.29, 1.82) is 0 Å². The van der Waals surface area contributed by atoms with Gasteiger partial charge >= 0.3 is 0 Å². The van der Waals surface area contributed by atoms with Gasteiger partial charge in [-0.05, 0) is 29.7 Å². The maximum absolute atomic E-state index is 8.77. The van der Waals surface area contributed by atoms with E-state index in [1.54, 1.807) is 13.3 Å². The maximum atomic E-state index is 8.77. The van der Waals surface area contributed by atoms with Gasteiger partial charge in [0, 0.05) is 18.1 Å². The Hall–Kier alpha value is -1.81. The van der Waals surface area contributed by atoms with Crippen LogP contribution in [0.5, 0.6) is 5.75 Å². The maximum Gasteiger partial charge on any atom is 0.133 e. The molecule has 0 spiro atoms. The van der Waals surface area contributed by atoms with Crippen LogP contribution in [0.25, 0.3) is 10.8 Å². The Bertz CT molecular complexity index is 485. The van der Waals surface area contributed by atoms with Crippen molar-refractivity contribution in [2.24, 2.45) is 0 Å². The zero-order valence-electron chi connectivity index (χ0n) is 9.10. The van der Waals surface area contributed by atoms with Crippen LogP contribution >= 0.6 is 0 Å². The molecule has 0 unspecified atom stereocenters. The van der Waals surface area contributed by atoms with Crippen LogP contribution in [0.2, 0.25) is 0 Å². The molecule has 4 nitrogen and oxygen atoms in total. The van der Waals surface area contributed by atoms with Crippen LogP contribution in [0.4, 0.5) is 5.82 Å². The van der Waals surface area contributed by atoms with E-state index in [-0.39, 0.29) is 6.61 Å². The molecule has 0 amide bonds. The van der Waals surface area contributed by atoms with Gasteiger partial charge in [0.05, 0.1) is 13.7 Å². The molecule has 0 aliphatic heterocycles. The highest BCUT2D eigenvalue weighted by Crippen LogP contribution is 2.24. The van der Waals surface area contributed by atoms with E-state index in [9.17, 15) is 0 Å². The van der Waals surface area contributed by atoms with Crippen molar-refractivity contribution < 1.29 is 9.84 Å². The van der Waals surface area contributed by atoms with E-state index < -0.39 is 0 Å². The molecule has 0 saturated heterocycles. The predicted molar refractivity (Wildman–Crippen MR) is 63.9 cm³/mol. The number of pyridine rings is 1. The fourth-order valence-corrected chi connectivity index (χ4v) is 1.60. The fraction of sp³-hybridized carbons (Fsp3) is 0.250. The second-order valence-electron chi connectivity index (χ2n) is 3.40. The third-order valence-electron chi connectivity index (χ3n) is 2.38. The largest absolute Gasteiger partial charge is 0.497 e. The quantitative estimate of drug-likeness (QED) is 0.819. The number of aromatic nitrogens is 1. The number of aliphatic hydroxyl groups excluding tert-OH is 1. The Morgan fingerprint density at radius 3 is 3.00 bits per heavy atom. The number of benzene rings is 1. The molecule has 84 valence electrons. The number of methoxy groups -OCH3 is 1. The molecule has 1 heterocycles. The fourth-order valence-electron chi connectivity index (χ4n) is 1.60. The van der Waals surface area contributed by atoms with E-state index in [2.05, 4.69) is 10.3 Å². The van der Waals surface area contributed by atoms with Gasteiger partial charge in [-0.25, -0.2) is 4.98 Å². The third-order valence-corrected chi connectivity index (χ3v) is 2.38. The Morgan fingerprint density at radius 1 is 1.38 bits per heavy atom. The van der Waals surface area contributed by atoms with E-state index in [1.165, 1.54) is 0 Å². The van der Waals surface area contributed by atoms with Gasteiger partial charge in [-0.15, -0.1) is 0 Å². The summed E-state index contributed by atoms with van der Waals surface area (Å²) in [6.07, 6.45) is 1.74. The molecule has 16 heavy (non-hydrogen) atoms. The molecule has 0 saturated carbocycles. The highest BCUT2D eigenvalue weighted by atomic mass is 16.5. The van der Waals surface area contributed by atoms with E-state index in [1.807, 2.05) is 24.3 Å². The van der Waals surface area contributed by atoms with E-state index >= 15 is 0 Å². The van der Waals surface area contributed by atoms with E-state index in [4.69, 9.17) is 9.84 Å². The van der Waals surface area contributed by atoms with Gasteiger partial charge in [-0.2, -0.15) is 0 Å². The van der Waals surface area contributed by atoms with Gasteiger partial charge in [0.15, 0.2) is 0 Å². The summed E-state index contributed by atoms with van der Waals surface area (Å²) in [4.78, 5) is 4.24. The van der Waals surface area contributed by atoms with Crippen molar-refractivity contribution in [3.8, 4) is 5.75 Å². The summed E-state index contributed by atoms with van der Waals surface area (Å²) < 4.78 is 5.16. The molecular weight excluding hydrogens is 204 g/mol. The number of ether oxygens (including phenoxy) is 1. The molecule has 1 aromatic heterocycles. The molecule has 0 aliphatic carbocycles. The minimum Gasteiger partial charge on any atom is -0.497 e. The minimum atomic E-state index is 0.0915. The number of fused-ring (bicyclic) bond motifs is 1. The number of hydrogen-bond donors (Lipinski definition) is 2. The Labute approximate surface area is 93.9 Å². The van der Waals surface area contributed by atoms with Crippen LogP contribution in [0.15, 0.2) is 30.5 Å². The number of aliphatic hydroxyl groups is 1. The summed E-state index contributed by atoms with van der Waals surface area (Å²) >= 11 is 0. The molecular formula is C12H14N2O2. The van der Waals surface area contributed by atoms with Crippen molar-refractivity contribution in [3.63, 3.8) is 0 Å². The molecule has 4 heteroatoms. The zero-order valence-corrected chi connectivity index (χ0v) is 9.10. The summed E-state index contributed by atoms with van der Waals surface area (Å²) in [6, 6.07) is 7.75. The first kappa shape index (κ1) is 10.7. The normalized spacial score (nSPS) is 10.4. The van der Waals surface area contributed by atoms with E-state index in [0.717, 1.165) is 22.3 Å². The highest BCUT2D eigenvalue weighted by molar-refractivity contribution is 5.92. The Kier molecular flexibility index (Phi) is 3.22. The standard InChI is InChI=1S/C12H14N2O2/c1-16-10-2-3-11-9(8-10)4-5-13-12(11)14-6-7-15/h2-5,8,15H,6-7H2,1H3,(H,13,14). The number of anilines is 1.